The molecule has 2 aromatic heterocycles. The molecule has 2 saturated heterocycles. The number of ether oxygens (including phenoxy) is 3. The van der Waals surface area contributed by atoms with E-state index in [1.807, 2.05) is 13.8 Å². The Balaban J connectivity index is 1.36. The quantitative estimate of drug-likeness (QED) is 0.167. The van der Waals surface area contributed by atoms with Gasteiger partial charge in [0.05, 0.1) is 6.61 Å². The van der Waals surface area contributed by atoms with Crippen LogP contribution in [0.3, 0.4) is 0 Å². The molecule has 0 spiro atoms. The summed E-state index contributed by atoms with van der Waals surface area (Å²) >= 11 is 0. The Morgan fingerprint density at radius 1 is 0.400 bits per heavy atom. The van der Waals surface area contributed by atoms with Crippen molar-refractivity contribution in [1.29, 1.82) is 0 Å². The number of hydrogen-bond donors (Lipinski definition) is 0. The maximum Gasteiger partial charge on any atom is 0.387 e. The van der Waals surface area contributed by atoms with Crippen molar-refractivity contribution in [3.63, 3.8) is 0 Å². The van der Waals surface area contributed by atoms with E-state index in [0.717, 1.165) is 66.1 Å². The van der Waals surface area contributed by atoms with Crippen LogP contribution in [-0.4, -0.2) is 37.0 Å². The van der Waals surface area contributed by atoms with Crippen molar-refractivity contribution in [1.82, 2.24) is 0 Å². The fraction of sp³-hybridized carbons (Fsp3) is 0.625. The SMILES string of the molecule is CC1(C)O[C@H]2O[C@H](COp3oc4c(C(C)(C)C)cc(C(C)(C)C)cc4c4cc(C(C)(C)C)cc(C(C)(C)C)c4o3)[C@H](Op3oc4c(C(C)(C)C)cc(C(C)(C)C)cc4c4cc(C(C)(C)C)cc(C(C)(C)C)c4o3)[C@H]2O1. The molecule has 8 rings (SSSR count). The van der Waals surface area contributed by atoms with E-state index in [0.29, 0.717) is 0 Å². The Hall–Kier alpha value is -3.52. The number of hydrogen-bond acceptors (Lipinski definition) is 9. The van der Waals surface area contributed by atoms with E-state index in [1.54, 1.807) is 0 Å². The maximum absolute atomic E-state index is 7.33. The second kappa shape index (κ2) is 18.8. The molecule has 2 fully saturated rings. The summed E-state index contributed by atoms with van der Waals surface area (Å²) in [4.78, 5) is 0. The molecule has 0 amide bonds. The number of rotatable bonds is 5. The van der Waals surface area contributed by atoms with Gasteiger partial charge in [-0.15, -0.1) is 0 Å². The largest absolute Gasteiger partial charge is 0.399 e. The fourth-order valence-electron chi connectivity index (χ4n) is 10.1. The van der Waals surface area contributed by atoms with Crippen LogP contribution in [-0.2, 0) is 57.5 Å². The van der Waals surface area contributed by atoms with Gasteiger partial charge in [0.15, 0.2) is 12.1 Å². The minimum Gasteiger partial charge on any atom is -0.399 e. The molecule has 4 atom stereocenters. The van der Waals surface area contributed by atoms with Gasteiger partial charge in [0, 0.05) is 43.8 Å². The first-order chi connectivity index (χ1) is 33.9. The van der Waals surface area contributed by atoms with Crippen LogP contribution in [0.1, 0.15) is 225 Å². The van der Waals surface area contributed by atoms with Gasteiger partial charge < -0.3 is 31.0 Å². The minimum absolute atomic E-state index is 0.0394. The smallest absolute Gasteiger partial charge is 0.387 e. The van der Waals surface area contributed by atoms with Crippen LogP contribution in [0.2, 0.25) is 0 Å². The van der Waals surface area contributed by atoms with E-state index >= 15 is 0 Å². The summed E-state index contributed by atoms with van der Waals surface area (Å²) in [5, 5.41) is 4.00. The van der Waals surface area contributed by atoms with E-state index < -0.39 is 46.9 Å². The summed E-state index contributed by atoms with van der Waals surface area (Å²) in [6.45, 7) is 58.0. The predicted octanol–water partition coefficient (Wildman–Crippen LogP) is 19.1. The van der Waals surface area contributed by atoms with Crippen molar-refractivity contribution < 1.29 is 40.0 Å². The van der Waals surface area contributed by atoms with Crippen molar-refractivity contribution in [3.05, 3.63) is 93.0 Å². The molecule has 412 valence electrons. The molecular weight excluding hydrogens is 975 g/mol. The molecule has 2 aliphatic heterocycles. The molecule has 75 heavy (non-hydrogen) atoms. The third kappa shape index (κ3) is 11.8. The van der Waals surface area contributed by atoms with Crippen molar-refractivity contribution in [2.45, 2.75) is 254 Å². The zero-order valence-electron chi connectivity index (χ0n) is 50.7. The van der Waals surface area contributed by atoms with Gasteiger partial charge in [-0.3, -0.25) is 9.05 Å². The lowest BCUT2D eigenvalue weighted by molar-refractivity contribution is -0.213. The van der Waals surface area contributed by atoms with E-state index in [9.17, 15) is 0 Å². The number of fused-ring (bicyclic) bond motifs is 7. The zero-order chi connectivity index (χ0) is 55.9. The standard InChI is InChI=1S/C64H92O9P2/c1-56(2,3)36-27-40-41-28-37(57(4,5)6)32-45(61(16,17)18)50(41)70-74(69-49(40)44(31-36)60(13,14)15)65-35-48-53(54-55(66-48)68-64(25,26)67-54)73-75-71-51-42(29-38(58(7,8)9)33-46(51)62(19,20)21)43-30-39(59(10,11)12)34-47(52(43)72-75)63(22,23)24/h27-34,48,53-55H,35H2,1-26H3/t48-,53+,54-,55-/m1/s1. The number of benzene rings is 4. The molecule has 0 radical (unpaired) electrons. The first-order valence-corrected chi connectivity index (χ1v) is 29.5. The van der Waals surface area contributed by atoms with Gasteiger partial charge in [0.1, 0.15) is 40.6 Å². The average Bonchev–Trinajstić information content (AvgIpc) is 3.55. The van der Waals surface area contributed by atoms with E-state index in [1.165, 1.54) is 22.3 Å². The molecule has 9 nitrogen and oxygen atoms in total. The predicted molar refractivity (Wildman–Crippen MR) is 313 cm³/mol. The van der Waals surface area contributed by atoms with Crippen molar-refractivity contribution >= 4 is 60.4 Å². The lowest BCUT2D eigenvalue weighted by Gasteiger charge is -2.27. The summed E-state index contributed by atoms with van der Waals surface area (Å²) in [5.74, 6) is -0.929. The monoisotopic (exact) mass is 1070 g/mol. The molecule has 0 saturated carbocycles. The van der Waals surface area contributed by atoms with Crippen LogP contribution in [0, 0.1) is 0 Å². The van der Waals surface area contributed by atoms with Gasteiger partial charge in [-0.2, -0.15) is 0 Å². The summed E-state index contributed by atoms with van der Waals surface area (Å²) in [6.07, 6.45) is -2.81. The van der Waals surface area contributed by atoms with Gasteiger partial charge >= 0.3 is 16.5 Å². The lowest BCUT2D eigenvalue weighted by atomic mass is 9.77. The van der Waals surface area contributed by atoms with Gasteiger partial charge in [-0.25, -0.2) is 0 Å². The van der Waals surface area contributed by atoms with Crippen LogP contribution < -0.4 is 9.05 Å². The van der Waals surface area contributed by atoms with Crippen LogP contribution in [0.4, 0.5) is 0 Å². The lowest BCUT2D eigenvalue weighted by Crippen LogP contribution is -2.41. The maximum atomic E-state index is 7.33. The third-order valence-corrected chi connectivity index (χ3v) is 17.0. The highest BCUT2D eigenvalue weighted by atomic mass is 31.1. The Labute approximate surface area is 451 Å². The molecular formula is C64H92O9P2. The highest BCUT2D eigenvalue weighted by Gasteiger charge is 2.56. The summed E-state index contributed by atoms with van der Waals surface area (Å²) in [5.41, 5.74) is 10.6. The summed E-state index contributed by atoms with van der Waals surface area (Å²) < 4.78 is 63.3. The Morgan fingerprint density at radius 3 is 0.973 bits per heavy atom. The topological polar surface area (TPSA) is 98.7 Å². The van der Waals surface area contributed by atoms with Crippen molar-refractivity contribution in [3.8, 4) is 0 Å². The molecule has 0 N–H and O–H groups in total. The van der Waals surface area contributed by atoms with Gasteiger partial charge in [-0.05, 0) is 104 Å². The Kier molecular flexibility index (Phi) is 14.5. The molecule has 2 aliphatic rings. The Morgan fingerprint density at radius 2 is 0.693 bits per heavy atom. The van der Waals surface area contributed by atoms with Crippen LogP contribution in [0.15, 0.2) is 65.3 Å². The second-order valence-electron chi connectivity index (χ2n) is 30.4. The Bertz CT molecular complexity index is 3050. The normalized spacial score (nSPS) is 20.2. The molecule has 0 unspecified atom stereocenters. The first kappa shape index (κ1) is 57.6. The molecule has 0 bridgehead atoms. The van der Waals surface area contributed by atoms with Gasteiger partial charge in [-0.1, -0.05) is 190 Å². The van der Waals surface area contributed by atoms with Crippen LogP contribution in [0.5, 0.6) is 0 Å². The highest BCUT2D eigenvalue weighted by Crippen LogP contribution is 2.50. The first-order valence-electron chi connectivity index (χ1n) is 27.3. The van der Waals surface area contributed by atoms with E-state index in [2.05, 4.69) is 215 Å². The van der Waals surface area contributed by atoms with Crippen LogP contribution in [0.25, 0.3) is 43.9 Å². The second-order valence-corrected chi connectivity index (χ2v) is 32.5. The molecule has 11 heteroatoms. The summed E-state index contributed by atoms with van der Waals surface area (Å²) in [6, 6.07) is 18.5. The zero-order valence-corrected chi connectivity index (χ0v) is 52.5. The van der Waals surface area contributed by atoms with E-state index in [4.69, 9.17) is 40.0 Å². The highest BCUT2D eigenvalue weighted by molar-refractivity contribution is 7.32. The third-order valence-electron chi connectivity index (χ3n) is 14.9. The van der Waals surface area contributed by atoms with Crippen molar-refractivity contribution in [2.24, 2.45) is 0 Å². The summed E-state index contributed by atoms with van der Waals surface area (Å²) in [7, 11) is -4.22. The molecule has 0 aliphatic carbocycles. The fourth-order valence-corrected chi connectivity index (χ4v) is 12.5. The van der Waals surface area contributed by atoms with Gasteiger partial charge in [0.25, 0.3) is 0 Å². The van der Waals surface area contributed by atoms with E-state index in [-0.39, 0.29) is 49.9 Å². The molecule has 6 aromatic rings. The molecule has 4 aromatic carbocycles. The van der Waals surface area contributed by atoms with Gasteiger partial charge in [0.2, 0.25) is 0 Å². The minimum atomic E-state index is -2.15. The van der Waals surface area contributed by atoms with Crippen LogP contribution >= 0.6 is 16.5 Å². The average molecular weight is 1070 g/mol. The van der Waals surface area contributed by atoms with Crippen molar-refractivity contribution in [2.75, 3.05) is 6.61 Å². The molecule has 4 heterocycles.